The summed E-state index contributed by atoms with van der Waals surface area (Å²) >= 11 is 0. The van der Waals surface area contributed by atoms with Crippen LogP contribution >= 0.6 is 0 Å². The van der Waals surface area contributed by atoms with E-state index in [-0.39, 0.29) is 23.6 Å². The summed E-state index contributed by atoms with van der Waals surface area (Å²) in [5.41, 5.74) is 6.58. The summed E-state index contributed by atoms with van der Waals surface area (Å²) in [6, 6.07) is 19.6. The highest BCUT2D eigenvalue weighted by atomic mass is 16.5. The van der Waals surface area contributed by atoms with Gasteiger partial charge >= 0.3 is 0 Å². The molecule has 0 unspecified atom stereocenters. The molecule has 6 bridgehead atoms. The summed E-state index contributed by atoms with van der Waals surface area (Å²) in [7, 11) is 7.48. The van der Waals surface area contributed by atoms with E-state index < -0.39 is 0 Å². The molecular weight excluding hydrogens is 556 g/mol. The Bertz CT molecular complexity index is 1720. The molecule has 0 aromatic heterocycles. The zero-order valence-electron chi connectivity index (χ0n) is 25.6. The van der Waals surface area contributed by atoms with Gasteiger partial charge in [0.15, 0.2) is 34.5 Å². The molecule has 4 aromatic rings. The monoisotopic (exact) mass is 594 g/mol. The van der Waals surface area contributed by atoms with Crippen LogP contribution in [-0.4, -0.2) is 61.4 Å². The highest BCUT2D eigenvalue weighted by Gasteiger charge is 2.34. The number of hydrogen-bond donors (Lipinski definition) is 2. The molecule has 0 spiro atoms. The van der Waals surface area contributed by atoms with E-state index in [1.165, 1.54) is 5.56 Å². The van der Waals surface area contributed by atoms with E-state index in [2.05, 4.69) is 48.2 Å². The smallest absolute Gasteiger partial charge is 0.204 e. The molecule has 8 nitrogen and oxygen atoms in total. The number of phenolic OH excluding ortho intramolecular Hbond substituents is 2. The molecule has 4 aromatic carbocycles. The Morgan fingerprint density at radius 1 is 0.705 bits per heavy atom. The summed E-state index contributed by atoms with van der Waals surface area (Å²) in [6.45, 7) is 1.74. The normalized spacial score (nSPS) is 19.6. The molecule has 0 amide bonds. The quantitative estimate of drug-likeness (QED) is 0.270. The van der Waals surface area contributed by atoms with Crippen molar-refractivity contribution >= 4 is 0 Å². The molecule has 8 heteroatoms. The Balaban J connectivity index is 1.45. The van der Waals surface area contributed by atoms with Gasteiger partial charge in [0, 0.05) is 30.7 Å². The van der Waals surface area contributed by atoms with Crippen LogP contribution < -0.4 is 18.9 Å². The number of aromatic hydroxyl groups is 2. The van der Waals surface area contributed by atoms with E-state index in [4.69, 9.17) is 18.9 Å². The van der Waals surface area contributed by atoms with Crippen LogP contribution in [0.25, 0.3) is 0 Å². The van der Waals surface area contributed by atoms with Crippen LogP contribution in [0.2, 0.25) is 0 Å². The third kappa shape index (κ3) is 4.98. The lowest BCUT2D eigenvalue weighted by Gasteiger charge is -2.37. The molecule has 0 radical (unpaired) electrons. The molecule has 4 heterocycles. The maximum Gasteiger partial charge on any atom is 0.204 e. The number of fused-ring (bicyclic) bond motifs is 2. The molecule has 0 fully saturated rings. The van der Waals surface area contributed by atoms with Gasteiger partial charge in [-0.25, -0.2) is 0 Å². The van der Waals surface area contributed by atoms with Crippen LogP contribution in [0, 0.1) is 0 Å². The number of hydrogen-bond acceptors (Lipinski definition) is 8. The van der Waals surface area contributed by atoms with Crippen LogP contribution in [-0.2, 0) is 25.7 Å². The van der Waals surface area contributed by atoms with Gasteiger partial charge in [-0.2, -0.15) is 0 Å². The predicted molar refractivity (Wildman–Crippen MR) is 168 cm³/mol. The number of nitrogens with zero attached hydrogens (tertiary/aromatic N) is 2. The van der Waals surface area contributed by atoms with Gasteiger partial charge < -0.3 is 29.2 Å². The van der Waals surface area contributed by atoms with Crippen molar-refractivity contribution in [2.24, 2.45) is 0 Å². The molecule has 44 heavy (non-hydrogen) atoms. The topological polar surface area (TPSA) is 83.9 Å². The lowest BCUT2D eigenvalue weighted by atomic mass is 9.87. The third-order valence-electron chi connectivity index (χ3n) is 9.44. The van der Waals surface area contributed by atoms with Crippen LogP contribution in [0.1, 0.15) is 45.5 Å². The van der Waals surface area contributed by atoms with Crippen LogP contribution in [0.5, 0.6) is 46.0 Å². The van der Waals surface area contributed by atoms with Crippen molar-refractivity contribution in [1.82, 2.24) is 9.80 Å². The van der Waals surface area contributed by atoms with Gasteiger partial charge in [-0.15, -0.1) is 0 Å². The maximum atomic E-state index is 11.1. The Morgan fingerprint density at radius 3 is 2.16 bits per heavy atom. The van der Waals surface area contributed by atoms with Crippen molar-refractivity contribution < 1.29 is 29.2 Å². The zero-order valence-corrected chi connectivity index (χ0v) is 25.6. The Morgan fingerprint density at radius 2 is 1.41 bits per heavy atom. The molecule has 0 saturated heterocycles. The van der Waals surface area contributed by atoms with Crippen molar-refractivity contribution in [3.8, 4) is 46.0 Å². The number of rotatable bonds is 2. The highest BCUT2D eigenvalue weighted by molar-refractivity contribution is 5.63. The zero-order chi connectivity index (χ0) is 30.5. The average molecular weight is 595 g/mol. The molecule has 0 saturated carbocycles. The summed E-state index contributed by atoms with van der Waals surface area (Å²) in [4.78, 5) is 4.68. The second-order valence-corrected chi connectivity index (χ2v) is 12.1. The number of ether oxygens (including phenoxy) is 4. The largest absolute Gasteiger partial charge is 0.504 e. The SMILES string of the molecule is COc1cc2c3cc1Oc1c(OC)c(O)cc4c1[C@H](Cc1ccc(cc1)Oc1cc(ccc1O)C[C@H]3N(C)CC2)N(C)CC4. The molecule has 0 aliphatic carbocycles. The maximum absolute atomic E-state index is 11.1. The van der Waals surface area contributed by atoms with Gasteiger partial charge in [0.1, 0.15) is 5.75 Å². The first kappa shape index (κ1) is 28.4. The highest BCUT2D eigenvalue weighted by Crippen LogP contribution is 2.51. The number of benzene rings is 4. The molecule has 4 aliphatic rings. The molecule has 2 N–H and O–H groups in total. The van der Waals surface area contributed by atoms with Crippen LogP contribution in [0.4, 0.5) is 0 Å². The van der Waals surface area contributed by atoms with Crippen molar-refractivity contribution in [2.75, 3.05) is 41.4 Å². The van der Waals surface area contributed by atoms with Crippen molar-refractivity contribution in [1.29, 1.82) is 0 Å². The fourth-order valence-electron chi connectivity index (χ4n) is 6.98. The molecular formula is C36H38N2O6. The summed E-state index contributed by atoms with van der Waals surface area (Å²) in [5.74, 6) is 3.30. The standard InChI is InChI=1S/C36H38N2O6/c1-37-13-11-23-19-32(41-3)33-20-26(23)27(37)16-22-7-10-29(39)31(17-22)43-25-8-5-21(6-9-25)15-28-34-24(12-14-38(28)2)18-30(40)35(42-4)36(34)44-33/h5-10,17-20,27-28,39-40H,11-16H2,1-4H3/t27-,28+/m1/s1. The second-order valence-electron chi connectivity index (χ2n) is 12.1. The number of likely N-dealkylation sites (N-methyl/N-ethyl adjacent to an activating group) is 2. The van der Waals surface area contributed by atoms with E-state index in [0.717, 1.165) is 53.7 Å². The Hall–Kier alpha value is -4.40. The summed E-state index contributed by atoms with van der Waals surface area (Å²) in [6.07, 6.45) is 3.08. The van der Waals surface area contributed by atoms with Crippen molar-refractivity contribution in [2.45, 2.75) is 37.8 Å². The minimum Gasteiger partial charge on any atom is -0.504 e. The van der Waals surface area contributed by atoms with Crippen molar-refractivity contribution in [3.05, 3.63) is 94.0 Å². The molecule has 228 valence electrons. The van der Waals surface area contributed by atoms with Crippen molar-refractivity contribution in [3.63, 3.8) is 0 Å². The third-order valence-corrected chi connectivity index (χ3v) is 9.44. The first-order chi connectivity index (χ1) is 21.3. The van der Waals surface area contributed by atoms with Crippen LogP contribution in [0.3, 0.4) is 0 Å². The van der Waals surface area contributed by atoms with E-state index >= 15 is 0 Å². The number of methoxy groups -OCH3 is 2. The summed E-state index contributed by atoms with van der Waals surface area (Å²) in [5, 5.41) is 21.8. The van der Waals surface area contributed by atoms with E-state index in [1.807, 2.05) is 30.3 Å². The van der Waals surface area contributed by atoms with E-state index in [0.29, 0.717) is 47.3 Å². The van der Waals surface area contributed by atoms with Gasteiger partial charge in [0.25, 0.3) is 0 Å². The van der Waals surface area contributed by atoms with Gasteiger partial charge in [0.2, 0.25) is 5.75 Å². The summed E-state index contributed by atoms with van der Waals surface area (Å²) < 4.78 is 24.8. The van der Waals surface area contributed by atoms with E-state index in [1.54, 1.807) is 20.3 Å². The number of phenols is 2. The lowest BCUT2D eigenvalue weighted by Crippen LogP contribution is -2.34. The van der Waals surface area contributed by atoms with Gasteiger partial charge in [-0.3, -0.25) is 9.80 Å². The molecule has 2 atom stereocenters. The van der Waals surface area contributed by atoms with Gasteiger partial charge in [0.05, 0.1) is 14.2 Å². The predicted octanol–water partition coefficient (Wildman–Crippen LogP) is 6.56. The molecule has 8 rings (SSSR count). The van der Waals surface area contributed by atoms with Crippen LogP contribution in [0.15, 0.2) is 60.7 Å². The fraction of sp³-hybridized carbons (Fsp3) is 0.333. The van der Waals surface area contributed by atoms with Gasteiger partial charge in [-0.1, -0.05) is 18.2 Å². The fourth-order valence-corrected chi connectivity index (χ4v) is 6.98. The van der Waals surface area contributed by atoms with Gasteiger partial charge in [-0.05, 0) is 110 Å². The van der Waals surface area contributed by atoms with E-state index in [9.17, 15) is 10.2 Å². The average Bonchev–Trinajstić information content (AvgIpc) is 3.02. The minimum absolute atomic E-state index is 0.0304. The second kappa shape index (κ2) is 11.3. The first-order valence-corrected chi connectivity index (χ1v) is 15.1. The lowest BCUT2D eigenvalue weighted by molar-refractivity contribution is 0.220. The first-order valence-electron chi connectivity index (χ1n) is 15.1. The Kier molecular flexibility index (Phi) is 7.26. The molecule has 4 aliphatic heterocycles. The minimum atomic E-state index is -0.0304. The Labute approximate surface area is 258 Å².